The van der Waals surface area contributed by atoms with Gasteiger partial charge in [-0.05, 0) is 60.9 Å². The van der Waals surface area contributed by atoms with Gasteiger partial charge in [-0.25, -0.2) is 10.2 Å². The summed E-state index contributed by atoms with van der Waals surface area (Å²) in [5, 5.41) is 3.97. The van der Waals surface area contributed by atoms with Gasteiger partial charge >= 0.3 is 5.97 Å². The van der Waals surface area contributed by atoms with E-state index in [4.69, 9.17) is 9.47 Å². The molecular weight excluding hydrogens is 484 g/mol. The molecule has 1 amide bonds. The van der Waals surface area contributed by atoms with Crippen molar-refractivity contribution in [3.8, 4) is 11.5 Å². The number of nitrogens with zero attached hydrogens (tertiary/aromatic N) is 1. The Morgan fingerprint density at radius 3 is 2.52 bits per heavy atom. The van der Waals surface area contributed by atoms with E-state index in [1.54, 1.807) is 42.5 Å². The number of hydrogen-bond donors (Lipinski definition) is 1. The average molecular weight is 509 g/mol. The minimum Gasteiger partial charge on any atom is -0.484 e. The van der Waals surface area contributed by atoms with Crippen molar-refractivity contribution in [2.24, 2.45) is 5.10 Å². The summed E-state index contributed by atoms with van der Waals surface area (Å²) in [7, 11) is 0. The second-order valence-electron chi connectivity index (χ2n) is 7.27. The molecule has 33 heavy (non-hydrogen) atoms. The van der Waals surface area contributed by atoms with Crippen LogP contribution in [0.3, 0.4) is 0 Å². The van der Waals surface area contributed by atoms with Gasteiger partial charge in [0, 0.05) is 10.0 Å². The van der Waals surface area contributed by atoms with E-state index in [-0.39, 0.29) is 6.61 Å². The molecule has 0 aliphatic carbocycles. The molecule has 0 unspecified atom stereocenters. The third kappa shape index (κ3) is 7.88. The van der Waals surface area contributed by atoms with Gasteiger partial charge < -0.3 is 9.47 Å². The molecule has 0 aliphatic rings. The molecule has 0 saturated carbocycles. The number of halogens is 1. The van der Waals surface area contributed by atoms with Gasteiger partial charge in [-0.1, -0.05) is 59.6 Å². The SMILES string of the molecule is CCCCc1ccc(OCC(=O)N/N=C/c2cc(Br)ccc2OC(=O)c2ccccc2)cc1. The topological polar surface area (TPSA) is 77.0 Å². The smallest absolute Gasteiger partial charge is 0.343 e. The molecule has 7 heteroatoms. The molecule has 1 N–H and O–H groups in total. The van der Waals surface area contributed by atoms with E-state index in [1.165, 1.54) is 11.8 Å². The van der Waals surface area contributed by atoms with E-state index < -0.39 is 11.9 Å². The van der Waals surface area contributed by atoms with Crippen LogP contribution in [-0.4, -0.2) is 24.7 Å². The quantitative estimate of drug-likeness (QED) is 0.169. The lowest BCUT2D eigenvalue weighted by Gasteiger charge is -2.08. The fraction of sp³-hybridized carbons (Fsp3) is 0.192. The number of nitrogens with one attached hydrogen (secondary N) is 1. The molecule has 3 rings (SSSR count). The molecule has 0 fully saturated rings. The summed E-state index contributed by atoms with van der Waals surface area (Å²) < 4.78 is 11.8. The van der Waals surface area contributed by atoms with E-state index in [1.807, 2.05) is 30.3 Å². The number of rotatable bonds is 10. The maximum absolute atomic E-state index is 12.4. The number of benzene rings is 3. The van der Waals surface area contributed by atoms with Crippen LogP contribution in [0.15, 0.2) is 82.4 Å². The van der Waals surface area contributed by atoms with Crippen LogP contribution in [0.1, 0.15) is 41.3 Å². The van der Waals surface area contributed by atoms with E-state index in [0.717, 1.165) is 23.7 Å². The van der Waals surface area contributed by atoms with Gasteiger partial charge in [0.15, 0.2) is 6.61 Å². The Morgan fingerprint density at radius 2 is 1.79 bits per heavy atom. The monoisotopic (exact) mass is 508 g/mol. The minimum atomic E-state index is -0.481. The number of unbranched alkanes of at least 4 members (excludes halogenated alkanes) is 1. The van der Waals surface area contributed by atoms with Gasteiger partial charge in [-0.2, -0.15) is 5.10 Å². The lowest BCUT2D eigenvalue weighted by Crippen LogP contribution is -2.24. The number of hydrogen-bond acceptors (Lipinski definition) is 5. The predicted octanol–water partition coefficient (Wildman–Crippen LogP) is 5.54. The molecule has 6 nitrogen and oxygen atoms in total. The zero-order valence-corrected chi connectivity index (χ0v) is 19.9. The van der Waals surface area contributed by atoms with Gasteiger partial charge in [0.1, 0.15) is 11.5 Å². The first-order valence-electron chi connectivity index (χ1n) is 10.7. The van der Waals surface area contributed by atoms with Gasteiger partial charge in [0.2, 0.25) is 0 Å². The second kappa shape index (κ2) is 12.6. The maximum Gasteiger partial charge on any atom is 0.343 e. The lowest BCUT2D eigenvalue weighted by molar-refractivity contribution is -0.123. The highest BCUT2D eigenvalue weighted by molar-refractivity contribution is 9.10. The summed E-state index contributed by atoms with van der Waals surface area (Å²) in [4.78, 5) is 24.4. The first kappa shape index (κ1) is 24.2. The molecule has 3 aromatic rings. The van der Waals surface area contributed by atoms with Gasteiger partial charge in [-0.3, -0.25) is 4.79 Å². The predicted molar refractivity (Wildman–Crippen MR) is 132 cm³/mol. The van der Waals surface area contributed by atoms with Crippen LogP contribution in [0.4, 0.5) is 0 Å². The van der Waals surface area contributed by atoms with Crippen molar-refractivity contribution in [1.82, 2.24) is 5.43 Å². The van der Waals surface area contributed by atoms with Gasteiger partial charge in [0.25, 0.3) is 5.91 Å². The summed E-state index contributed by atoms with van der Waals surface area (Å²) in [5.41, 5.74) is 4.63. The molecule has 0 heterocycles. The Balaban J connectivity index is 1.54. The Hall–Kier alpha value is -3.45. The number of ether oxygens (including phenoxy) is 2. The van der Waals surface area contributed by atoms with Crippen LogP contribution < -0.4 is 14.9 Å². The number of hydrazone groups is 1. The number of carbonyl (C=O) groups excluding carboxylic acids is 2. The Labute approximate surface area is 201 Å². The lowest BCUT2D eigenvalue weighted by atomic mass is 10.1. The highest BCUT2D eigenvalue weighted by Gasteiger charge is 2.11. The molecule has 0 saturated heterocycles. The van der Waals surface area contributed by atoms with E-state index in [2.05, 4.69) is 33.4 Å². The van der Waals surface area contributed by atoms with Crippen LogP contribution in [0.2, 0.25) is 0 Å². The fourth-order valence-corrected chi connectivity index (χ4v) is 3.31. The molecule has 0 bridgehead atoms. The van der Waals surface area contributed by atoms with Crippen molar-refractivity contribution in [3.63, 3.8) is 0 Å². The summed E-state index contributed by atoms with van der Waals surface area (Å²) in [6, 6.07) is 21.6. The molecule has 0 spiro atoms. The van der Waals surface area contributed by atoms with Crippen molar-refractivity contribution in [1.29, 1.82) is 0 Å². The fourth-order valence-electron chi connectivity index (χ4n) is 2.93. The summed E-state index contributed by atoms with van der Waals surface area (Å²) in [5.74, 6) is 0.0609. The molecule has 0 atom stereocenters. The van der Waals surface area contributed by atoms with Gasteiger partial charge in [0.05, 0.1) is 11.8 Å². The second-order valence-corrected chi connectivity index (χ2v) is 8.18. The molecule has 0 aromatic heterocycles. The summed E-state index contributed by atoms with van der Waals surface area (Å²) in [6.07, 6.45) is 4.74. The highest BCUT2D eigenvalue weighted by Crippen LogP contribution is 2.23. The zero-order valence-electron chi connectivity index (χ0n) is 18.3. The van der Waals surface area contributed by atoms with Crippen molar-refractivity contribution < 1.29 is 19.1 Å². The standard InChI is InChI=1S/C26H25BrN2O4/c1-2-3-7-19-10-13-23(14-11-19)32-18-25(30)29-28-17-21-16-22(27)12-15-24(21)33-26(31)20-8-5-4-6-9-20/h4-6,8-17H,2-3,7,18H2,1H3,(H,29,30)/b28-17+. The molecule has 3 aromatic carbocycles. The summed E-state index contributed by atoms with van der Waals surface area (Å²) in [6.45, 7) is 1.99. The van der Waals surface area contributed by atoms with Crippen LogP contribution in [0.25, 0.3) is 0 Å². The van der Waals surface area contributed by atoms with Crippen LogP contribution in [0.5, 0.6) is 11.5 Å². The Kier molecular flexibility index (Phi) is 9.20. The third-order valence-electron chi connectivity index (χ3n) is 4.69. The normalized spacial score (nSPS) is 10.7. The number of esters is 1. The molecule has 0 aliphatic heterocycles. The first-order chi connectivity index (χ1) is 16.0. The number of amides is 1. The van der Waals surface area contributed by atoms with E-state index >= 15 is 0 Å². The minimum absolute atomic E-state index is 0.167. The molecule has 0 radical (unpaired) electrons. The first-order valence-corrected chi connectivity index (χ1v) is 11.4. The maximum atomic E-state index is 12.4. The van der Waals surface area contributed by atoms with Crippen LogP contribution >= 0.6 is 15.9 Å². The number of carbonyl (C=O) groups is 2. The van der Waals surface area contributed by atoms with Crippen molar-refractivity contribution in [3.05, 3.63) is 94.0 Å². The van der Waals surface area contributed by atoms with Crippen LogP contribution in [0, 0.1) is 0 Å². The van der Waals surface area contributed by atoms with Gasteiger partial charge in [-0.15, -0.1) is 0 Å². The van der Waals surface area contributed by atoms with Crippen molar-refractivity contribution >= 4 is 34.0 Å². The van der Waals surface area contributed by atoms with Crippen molar-refractivity contribution in [2.75, 3.05) is 6.61 Å². The van der Waals surface area contributed by atoms with E-state index in [9.17, 15) is 9.59 Å². The third-order valence-corrected chi connectivity index (χ3v) is 5.18. The van der Waals surface area contributed by atoms with E-state index in [0.29, 0.717) is 22.6 Å². The number of aryl methyl sites for hydroxylation is 1. The zero-order chi connectivity index (χ0) is 23.5. The largest absolute Gasteiger partial charge is 0.484 e. The summed E-state index contributed by atoms with van der Waals surface area (Å²) >= 11 is 3.39. The Morgan fingerprint density at radius 1 is 1.03 bits per heavy atom. The Bertz CT molecular complexity index is 1100. The average Bonchev–Trinajstić information content (AvgIpc) is 2.84. The molecular formula is C26H25BrN2O4. The molecule has 170 valence electrons. The van der Waals surface area contributed by atoms with Crippen molar-refractivity contribution in [2.45, 2.75) is 26.2 Å². The highest BCUT2D eigenvalue weighted by atomic mass is 79.9. The van der Waals surface area contributed by atoms with Crippen LogP contribution in [-0.2, 0) is 11.2 Å².